The summed E-state index contributed by atoms with van der Waals surface area (Å²) in [7, 11) is 0. The van der Waals surface area contributed by atoms with Crippen LogP contribution in [0.2, 0.25) is 0 Å². The molecule has 2 N–H and O–H groups in total. The molecule has 0 heterocycles. The van der Waals surface area contributed by atoms with E-state index in [0.717, 1.165) is 0 Å². The highest BCUT2D eigenvalue weighted by atomic mass is 128. The van der Waals surface area contributed by atoms with E-state index in [1.807, 2.05) is 0 Å². The third-order valence-corrected chi connectivity index (χ3v) is 6.99. The molecule has 0 saturated heterocycles. The van der Waals surface area contributed by atoms with Crippen molar-refractivity contribution >= 4 is 62.5 Å². The second kappa shape index (κ2) is 9.05. The van der Waals surface area contributed by atoms with Crippen LogP contribution in [0.5, 0.6) is 0 Å². The van der Waals surface area contributed by atoms with Gasteiger partial charge in [0.1, 0.15) is 0 Å². The minimum atomic E-state index is -0.132. The van der Waals surface area contributed by atoms with E-state index in [1.54, 1.807) is 0 Å². The van der Waals surface area contributed by atoms with Crippen LogP contribution >= 0.6 is 62.5 Å². The lowest BCUT2D eigenvalue weighted by Crippen LogP contribution is -2.74. The molecule has 0 aromatic rings. The zero-order valence-corrected chi connectivity index (χ0v) is 23.8. The second-order valence-electron chi connectivity index (χ2n) is 9.87. The van der Waals surface area contributed by atoms with Crippen molar-refractivity contribution in [2.45, 2.75) is 115 Å². The first-order chi connectivity index (χ1) is 10.2. The summed E-state index contributed by atoms with van der Waals surface area (Å²) in [6.45, 7) is 26.5. The van der Waals surface area contributed by atoms with Gasteiger partial charge in [0, 0.05) is 68.9 Å². The normalized spacial score (nSPS) is 15.0. The highest BCUT2D eigenvalue weighted by molar-refractivity contribution is 15.0. The minimum absolute atomic E-state index is 0.112. The molecule has 0 aliphatic carbocycles. The van der Waals surface area contributed by atoms with Gasteiger partial charge in [-0.05, 0) is 83.1 Å². The summed E-state index contributed by atoms with van der Waals surface area (Å²) in [5.74, 6) is 0. The molecule has 0 bridgehead atoms. The van der Waals surface area contributed by atoms with E-state index in [-0.39, 0.29) is 31.6 Å². The molecule has 2 nitrogen and oxygen atoms in total. The molecule has 0 aromatic heterocycles. The summed E-state index contributed by atoms with van der Waals surface area (Å²) in [6, 6.07) is 0. The van der Waals surface area contributed by atoms with E-state index >= 15 is 0 Å². The van der Waals surface area contributed by atoms with Crippen LogP contribution in [0, 0.1) is 0 Å². The zero-order valence-electron chi connectivity index (χ0n) is 17.7. The standard InChI is InChI=1S/C18H40N2S2.I2/c1-13(2,19-15(5,6)17(9,10)21)14(3,4)20-16(7,8)18(11,12)22;1-2/h19-22H,1-12H3;. The third-order valence-electron chi connectivity index (χ3n) is 5.87. The fourth-order valence-electron chi connectivity index (χ4n) is 2.18. The average molecular weight is 602 g/mol. The Labute approximate surface area is 186 Å². The van der Waals surface area contributed by atoms with Crippen molar-refractivity contribution in [1.29, 1.82) is 0 Å². The number of nitrogens with one attached hydrogen (secondary N) is 2. The number of rotatable bonds is 7. The van der Waals surface area contributed by atoms with Gasteiger partial charge in [-0.25, -0.2) is 0 Å². The topological polar surface area (TPSA) is 24.1 Å². The maximum Gasteiger partial charge on any atom is 0.0307 e. The molecule has 0 radical (unpaired) electrons. The van der Waals surface area contributed by atoms with Crippen molar-refractivity contribution in [3.63, 3.8) is 0 Å². The predicted molar refractivity (Wildman–Crippen MR) is 137 cm³/mol. The Morgan fingerprint density at radius 2 is 0.625 bits per heavy atom. The highest BCUT2D eigenvalue weighted by Gasteiger charge is 2.48. The largest absolute Gasteiger partial charge is 0.304 e. The molecule has 0 amide bonds. The first-order valence-electron chi connectivity index (χ1n) is 8.34. The van der Waals surface area contributed by atoms with E-state index in [0.29, 0.717) is 0 Å². The zero-order chi connectivity index (χ0) is 20.4. The van der Waals surface area contributed by atoms with Gasteiger partial charge in [-0.3, -0.25) is 0 Å². The number of halogens is 2. The summed E-state index contributed by atoms with van der Waals surface area (Å²) < 4.78 is -0.253. The van der Waals surface area contributed by atoms with Crippen molar-refractivity contribution in [3.8, 4) is 0 Å². The van der Waals surface area contributed by atoms with Gasteiger partial charge in [-0.1, -0.05) is 0 Å². The van der Waals surface area contributed by atoms with Crippen molar-refractivity contribution in [3.05, 3.63) is 0 Å². The van der Waals surface area contributed by atoms with Crippen LogP contribution in [0.3, 0.4) is 0 Å². The average Bonchev–Trinajstić information content (AvgIpc) is 2.25. The Morgan fingerprint density at radius 1 is 0.458 bits per heavy atom. The molecule has 0 aromatic carbocycles. The number of hydrogen-bond acceptors (Lipinski definition) is 4. The number of hydrogen-bond donors (Lipinski definition) is 4. The Balaban J connectivity index is 0. The Kier molecular flexibility index (Phi) is 10.7. The van der Waals surface area contributed by atoms with Crippen LogP contribution in [-0.4, -0.2) is 31.6 Å². The molecule has 0 aliphatic heterocycles. The Morgan fingerprint density at radius 3 is 0.750 bits per heavy atom. The summed E-state index contributed by atoms with van der Waals surface area (Å²) in [5, 5.41) is 7.65. The number of thiol groups is 2. The lowest BCUT2D eigenvalue weighted by atomic mass is 9.75. The van der Waals surface area contributed by atoms with Gasteiger partial charge in [0.15, 0.2) is 0 Å². The Bertz CT molecular complexity index is 355. The lowest BCUT2D eigenvalue weighted by molar-refractivity contribution is 0.0984. The second-order valence-corrected chi connectivity index (χ2v) is 12.1. The van der Waals surface area contributed by atoms with Crippen LogP contribution in [0.1, 0.15) is 83.1 Å². The minimum Gasteiger partial charge on any atom is -0.304 e. The molecule has 0 spiro atoms. The maximum absolute atomic E-state index is 4.78. The van der Waals surface area contributed by atoms with Crippen molar-refractivity contribution in [2.75, 3.05) is 0 Å². The molecule has 0 aliphatic rings. The molecule has 0 atom stereocenters. The van der Waals surface area contributed by atoms with Crippen LogP contribution in [-0.2, 0) is 0 Å². The van der Waals surface area contributed by atoms with Gasteiger partial charge in [0.25, 0.3) is 0 Å². The van der Waals surface area contributed by atoms with Crippen molar-refractivity contribution in [1.82, 2.24) is 10.6 Å². The SMILES string of the molecule is CC(C)(S)C(C)(C)NC(C)(C)C(C)(C)NC(C)(C)C(C)(C)S.II. The molecule has 0 rings (SSSR count). The van der Waals surface area contributed by atoms with E-state index in [9.17, 15) is 0 Å². The summed E-state index contributed by atoms with van der Waals surface area (Å²) >= 11 is 13.8. The summed E-state index contributed by atoms with van der Waals surface area (Å²) in [6.07, 6.45) is 0. The first-order valence-corrected chi connectivity index (χ1v) is 15.5. The van der Waals surface area contributed by atoms with Gasteiger partial charge < -0.3 is 10.6 Å². The van der Waals surface area contributed by atoms with Crippen molar-refractivity contribution < 1.29 is 0 Å². The van der Waals surface area contributed by atoms with Crippen molar-refractivity contribution in [2.24, 2.45) is 0 Å². The van der Waals surface area contributed by atoms with Gasteiger partial charge in [-0.2, -0.15) is 25.3 Å². The van der Waals surface area contributed by atoms with E-state index < -0.39 is 0 Å². The molecular formula is C18H40I2N2S2. The summed E-state index contributed by atoms with van der Waals surface area (Å²) in [4.78, 5) is 0. The highest BCUT2D eigenvalue weighted by Crippen LogP contribution is 2.36. The molecular weight excluding hydrogens is 562 g/mol. The van der Waals surface area contributed by atoms with Crippen LogP contribution < -0.4 is 10.6 Å². The lowest BCUT2D eigenvalue weighted by Gasteiger charge is -2.55. The predicted octanol–water partition coefficient (Wildman–Crippen LogP) is 6.47. The summed E-state index contributed by atoms with van der Waals surface area (Å²) in [5.41, 5.74) is -0.488. The van der Waals surface area contributed by atoms with Crippen LogP contribution in [0.15, 0.2) is 0 Å². The van der Waals surface area contributed by atoms with Gasteiger partial charge in [-0.15, -0.1) is 0 Å². The maximum atomic E-state index is 4.78. The molecule has 0 saturated carbocycles. The van der Waals surface area contributed by atoms with Gasteiger partial charge >= 0.3 is 0 Å². The van der Waals surface area contributed by atoms with Gasteiger partial charge in [0.2, 0.25) is 0 Å². The van der Waals surface area contributed by atoms with E-state index in [4.69, 9.17) is 25.3 Å². The first kappa shape index (κ1) is 28.3. The molecule has 148 valence electrons. The quantitative estimate of drug-likeness (QED) is 0.199. The van der Waals surface area contributed by atoms with Crippen LogP contribution in [0.4, 0.5) is 0 Å². The molecule has 0 unspecified atom stereocenters. The van der Waals surface area contributed by atoms with E-state index in [2.05, 4.69) is 131 Å². The molecule has 6 heteroatoms. The monoisotopic (exact) mass is 602 g/mol. The molecule has 0 fully saturated rings. The fourth-order valence-corrected chi connectivity index (χ4v) is 2.29. The fraction of sp³-hybridized carbons (Fsp3) is 1.00. The third kappa shape index (κ3) is 7.60. The smallest absolute Gasteiger partial charge is 0.0307 e. The van der Waals surface area contributed by atoms with Gasteiger partial charge in [0.05, 0.1) is 0 Å². The Hall–Kier alpha value is 2.08. The van der Waals surface area contributed by atoms with Crippen LogP contribution in [0.25, 0.3) is 0 Å². The molecule has 24 heavy (non-hydrogen) atoms. The van der Waals surface area contributed by atoms with E-state index in [1.165, 1.54) is 0 Å².